The van der Waals surface area contributed by atoms with Crippen molar-refractivity contribution in [3.63, 3.8) is 0 Å². The summed E-state index contributed by atoms with van der Waals surface area (Å²) in [4.78, 5) is 16.8. The summed E-state index contributed by atoms with van der Waals surface area (Å²) in [6.45, 7) is 2.23. The van der Waals surface area contributed by atoms with E-state index >= 15 is 0 Å². The molecule has 0 saturated carbocycles. The van der Waals surface area contributed by atoms with Crippen LogP contribution < -0.4 is 9.62 Å². The second-order valence-corrected chi connectivity index (χ2v) is 8.32. The molecule has 3 rings (SSSR count). The van der Waals surface area contributed by atoms with E-state index in [4.69, 9.17) is 0 Å². The standard InChI is InChI=1S/C15H18N4O4S2/c20-19(21)13-4-3-5-14(10-13)25(22,23)16-7-6-12-11-24-15(17-12)18-8-1-2-9-18/h3-5,10-11,16H,1-2,6-9H2. The van der Waals surface area contributed by atoms with Crippen LogP contribution in [0.25, 0.3) is 0 Å². The van der Waals surface area contributed by atoms with Gasteiger partial charge in [-0.05, 0) is 18.9 Å². The zero-order valence-corrected chi connectivity index (χ0v) is 15.1. The first-order valence-electron chi connectivity index (χ1n) is 7.89. The Morgan fingerprint density at radius 2 is 2.08 bits per heavy atom. The number of anilines is 1. The molecule has 1 saturated heterocycles. The van der Waals surface area contributed by atoms with Gasteiger partial charge in [-0.25, -0.2) is 18.1 Å². The van der Waals surface area contributed by atoms with E-state index in [0.717, 1.165) is 30.0 Å². The lowest BCUT2D eigenvalue weighted by Gasteiger charge is -2.12. The van der Waals surface area contributed by atoms with Gasteiger partial charge in [-0.2, -0.15) is 0 Å². The maximum atomic E-state index is 12.3. The van der Waals surface area contributed by atoms with Gasteiger partial charge >= 0.3 is 0 Å². The molecule has 0 bridgehead atoms. The molecule has 0 radical (unpaired) electrons. The van der Waals surface area contributed by atoms with Gasteiger partial charge in [-0.15, -0.1) is 11.3 Å². The average molecular weight is 382 g/mol. The van der Waals surface area contributed by atoms with E-state index in [-0.39, 0.29) is 17.1 Å². The van der Waals surface area contributed by atoms with Gasteiger partial charge in [0.05, 0.1) is 15.5 Å². The largest absolute Gasteiger partial charge is 0.348 e. The van der Waals surface area contributed by atoms with Gasteiger partial charge in [-0.3, -0.25) is 10.1 Å². The second-order valence-electron chi connectivity index (χ2n) is 5.72. The molecule has 1 fully saturated rings. The zero-order chi connectivity index (χ0) is 17.9. The van der Waals surface area contributed by atoms with Crippen LogP contribution in [0.2, 0.25) is 0 Å². The Hall–Kier alpha value is -2.04. The number of nitro groups is 1. The fourth-order valence-corrected chi connectivity index (χ4v) is 4.61. The minimum absolute atomic E-state index is 0.113. The summed E-state index contributed by atoms with van der Waals surface area (Å²) in [7, 11) is -3.78. The molecular formula is C15H18N4O4S2. The normalized spacial score (nSPS) is 14.8. The summed E-state index contributed by atoms with van der Waals surface area (Å²) >= 11 is 1.57. The van der Waals surface area contributed by atoms with Gasteiger partial charge in [-0.1, -0.05) is 6.07 Å². The molecule has 1 N–H and O–H groups in total. The molecule has 0 unspecified atom stereocenters. The molecule has 8 nitrogen and oxygen atoms in total. The molecule has 0 atom stereocenters. The summed E-state index contributed by atoms with van der Waals surface area (Å²) in [5, 5.41) is 13.7. The molecular weight excluding hydrogens is 364 g/mol. The van der Waals surface area contributed by atoms with E-state index < -0.39 is 14.9 Å². The Morgan fingerprint density at radius 1 is 1.32 bits per heavy atom. The van der Waals surface area contributed by atoms with Gasteiger partial charge in [0.1, 0.15) is 0 Å². The molecule has 1 aromatic heterocycles. The van der Waals surface area contributed by atoms with Crippen molar-refractivity contribution >= 4 is 32.2 Å². The number of nitro benzene ring substituents is 1. The van der Waals surface area contributed by atoms with Crippen LogP contribution in [0.3, 0.4) is 0 Å². The highest BCUT2D eigenvalue weighted by molar-refractivity contribution is 7.89. The van der Waals surface area contributed by atoms with Crippen molar-refractivity contribution in [2.45, 2.75) is 24.2 Å². The van der Waals surface area contributed by atoms with E-state index in [0.29, 0.717) is 6.42 Å². The fourth-order valence-electron chi connectivity index (χ4n) is 2.63. The minimum atomic E-state index is -3.78. The lowest BCUT2D eigenvalue weighted by Crippen LogP contribution is -2.26. The second kappa shape index (κ2) is 7.46. The SMILES string of the molecule is O=[N+]([O-])c1cccc(S(=O)(=O)NCCc2csc(N3CCCC3)n2)c1. The molecule has 0 aliphatic carbocycles. The first-order chi connectivity index (χ1) is 12.0. The average Bonchev–Trinajstić information content (AvgIpc) is 3.26. The highest BCUT2D eigenvalue weighted by Gasteiger charge is 2.18. The summed E-state index contributed by atoms with van der Waals surface area (Å²) in [6, 6.07) is 5.00. The van der Waals surface area contributed by atoms with Crippen molar-refractivity contribution in [1.29, 1.82) is 0 Å². The highest BCUT2D eigenvalue weighted by atomic mass is 32.2. The Balaban J connectivity index is 1.59. The molecule has 1 aliphatic heterocycles. The van der Waals surface area contributed by atoms with E-state index in [9.17, 15) is 18.5 Å². The van der Waals surface area contributed by atoms with E-state index in [1.165, 1.54) is 31.0 Å². The Bertz CT molecular complexity index is 860. The van der Waals surface area contributed by atoms with Crippen molar-refractivity contribution in [2.24, 2.45) is 0 Å². The van der Waals surface area contributed by atoms with Crippen LogP contribution in [0.15, 0.2) is 34.5 Å². The van der Waals surface area contributed by atoms with Gasteiger partial charge in [0.2, 0.25) is 10.0 Å². The van der Waals surface area contributed by atoms with Crippen LogP contribution in [-0.4, -0.2) is 38.0 Å². The van der Waals surface area contributed by atoms with Crippen molar-refractivity contribution in [1.82, 2.24) is 9.71 Å². The molecule has 2 aromatic rings. The van der Waals surface area contributed by atoms with Gasteiger partial charge < -0.3 is 4.90 Å². The number of rotatable bonds is 7. The van der Waals surface area contributed by atoms with Gasteiger partial charge in [0.25, 0.3) is 5.69 Å². The summed E-state index contributed by atoms with van der Waals surface area (Å²) in [5.74, 6) is 0. The molecule has 10 heteroatoms. The molecule has 2 heterocycles. The Labute approximate surface area is 149 Å². The number of aromatic nitrogens is 1. The third kappa shape index (κ3) is 4.33. The molecule has 1 aliphatic rings. The van der Waals surface area contributed by atoms with Crippen molar-refractivity contribution in [3.05, 3.63) is 45.5 Å². The molecule has 134 valence electrons. The number of nitrogens with one attached hydrogen (secondary N) is 1. The highest BCUT2D eigenvalue weighted by Crippen LogP contribution is 2.24. The Morgan fingerprint density at radius 3 is 2.80 bits per heavy atom. The molecule has 1 aromatic carbocycles. The third-order valence-electron chi connectivity index (χ3n) is 3.93. The first-order valence-corrected chi connectivity index (χ1v) is 10.3. The lowest BCUT2D eigenvalue weighted by molar-refractivity contribution is -0.385. The minimum Gasteiger partial charge on any atom is -0.348 e. The van der Waals surface area contributed by atoms with E-state index in [1.54, 1.807) is 11.3 Å². The smallest absolute Gasteiger partial charge is 0.270 e. The van der Waals surface area contributed by atoms with E-state index in [2.05, 4.69) is 14.6 Å². The maximum Gasteiger partial charge on any atom is 0.270 e. The predicted molar refractivity (Wildman–Crippen MR) is 95.5 cm³/mol. The van der Waals surface area contributed by atoms with Crippen LogP contribution in [0.1, 0.15) is 18.5 Å². The lowest BCUT2D eigenvalue weighted by atomic mass is 10.3. The maximum absolute atomic E-state index is 12.3. The van der Waals surface area contributed by atoms with E-state index in [1.807, 2.05) is 5.38 Å². The van der Waals surface area contributed by atoms with Gasteiger partial charge in [0.15, 0.2) is 5.13 Å². The molecule has 25 heavy (non-hydrogen) atoms. The van der Waals surface area contributed by atoms with Crippen LogP contribution in [0.5, 0.6) is 0 Å². The van der Waals surface area contributed by atoms with Gasteiger partial charge in [0, 0.05) is 43.6 Å². The number of benzene rings is 1. The predicted octanol–water partition coefficient (Wildman–Crippen LogP) is 2.17. The Kier molecular flexibility index (Phi) is 5.30. The summed E-state index contributed by atoms with van der Waals surface area (Å²) in [6.07, 6.45) is 2.83. The molecule has 0 amide bonds. The number of hydrogen-bond acceptors (Lipinski definition) is 7. The quantitative estimate of drug-likeness (QED) is 0.581. The topological polar surface area (TPSA) is 105 Å². The number of hydrogen-bond donors (Lipinski definition) is 1. The summed E-state index contributed by atoms with van der Waals surface area (Å²) in [5.41, 5.74) is 0.589. The van der Waals surface area contributed by atoms with Crippen LogP contribution >= 0.6 is 11.3 Å². The van der Waals surface area contributed by atoms with Crippen LogP contribution in [0.4, 0.5) is 10.8 Å². The number of thiazole rings is 1. The molecule has 0 spiro atoms. The number of non-ortho nitro benzene ring substituents is 1. The third-order valence-corrected chi connectivity index (χ3v) is 6.34. The number of nitrogens with zero attached hydrogens (tertiary/aromatic N) is 3. The number of sulfonamides is 1. The van der Waals surface area contributed by atoms with Crippen molar-refractivity contribution in [2.75, 3.05) is 24.5 Å². The summed E-state index contributed by atoms with van der Waals surface area (Å²) < 4.78 is 27.0. The van der Waals surface area contributed by atoms with Crippen LogP contribution in [0, 0.1) is 10.1 Å². The van der Waals surface area contributed by atoms with Crippen molar-refractivity contribution in [3.8, 4) is 0 Å². The van der Waals surface area contributed by atoms with Crippen LogP contribution in [-0.2, 0) is 16.4 Å². The van der Waals surface area contributed by atoms with Crippen molar-refractivity contribution < 1.29 is 13.3 Å². The fraction of sp³-hybridized carbons (Fsp3) is 0.400. The monoisotopic (exact) mass is 382 g/mol. The zero-order valence-electron chi connectivity index (χ0n) is 13.4. The first kappa shape index (κ1) is 17.8.